The van der Waals surface area contributed by atoms with E-state index in [9.17, 15) is 14.4 Å². The average Bonchev–Trinajstić information content (AvgIpc) is 2.87. The lowest BCUT2D eigenvalue weighted by molar-refractivity contribution is -0.121. The van der Waals surface area contributed by atoms with Crippen molar-refractivity contribution in [3.8, 4) is 11.5 Å². The Hall–Kier alpha value is -3.39. The zero-order valence-electron chi connectivity index (χ0n) is 15.0. The molecule has 2 heterocycles. The summed E-state index contributed by atoms with van der Waals surface area (Å²) in [5, 5.41) is 0. The number of carbonyl (C=O) groups excluding carboxylic acids is 3. The number of imide groups is 1. The molecule has 0 bridgehead atoms. The van der Waals surface area contributed by atoms with Gasteiger partial charge in [-0.15, -0.1) is 0 Å². The molecule has 28 heavy (non-hydrogen) atoms. The lowest BCUT2D eigenvalue weighted by atomic mass is 10.2. The van der Waals surface area contributed by atoms with Gasteiger partial charge in [0.25, 0.3) is 11.8 Å². The molecule has 2 aliphatic heterocycles. The molecule has 2 aliphatic rings. The quantitative estimate of drug-likeness (QED) is 0.614. The first-order valence-corrected chi connectivity index (χ1v) is 9.01. The smallest absolute Gasteiger partial charge is 0.265 e. The van der Waals surface area contributed by atoms with Gasteiger partial charge in [0.2, 0.25) is 5.91 Å². The van der Waals surface area contributed by atoms with Crippen LogP contribution in [0.2, 0.25) is 0 Å². The van der Waals surface area contributed by atoms with Crippen molar-refractivity contribution in [3.63, 3.8) is 0 Å². The highest BCUT2D eigenvalue weighted by molar-refractivity contribution is 6.22. The van der Waals surface area contributed by atoms with Crippen LogP contribution < -0.4 is 25.2 Å². The van der Waals surface area contributed by atoms with Crippen molar-refractivity contribution in [2.45, 2.75) is 18.9 Å². The third-order valence-electron chi connectivity index (χ3n) is 4.53. The van der Waals surface area contributed by atoms with Crippen LogP contribution in [0.15, 0.2) is 48.5 Å². The number of hydrazine groups is 1. The van der Waals surface area contributed by atoms with Gasteiger partial charge in [0.15, 0.2) is 11.5 Å². The Balaban J connectivity index is 1.41. The van der Waals surface area contributed by atoms with E-state index in [0.717, 1.165) is 11.3 Å². The van der Waals surface area contributed by atoms with Crippen molar-refractivity contribution in [2.24, 2.45) is 0 Å². The minimum absolute atomic E-state index is 0.0326. The largest absolute Gasteiger partial charge is 0.490 e. The molecule has 1 fully saturated rings. The topological polar surface area (TPSA) is 97.0 Å². The third-order valence-corrected chi connectivity index (χ3v) is 4.53. The maximum atomic E-state index is 12.5. The van der Waals surface area contributed by atoms with Gasteiger partial charge >= 0.3 is 0 Å². The number of fused-ring (bicyclic) bond motifs is 1. The number of rotatable bonds is 4. The van der Waals surface area contributed by atoms with E-state index >= 15 is 0 Å². The van der Waals surface area contributed by atoms with E-state index in [1.54, 1.807) is 48.5 Å². The summed E-state index contributed by atoms with van der Waals surface area (Å²) in [6.45, 7) is 1.08. The predicted molar refractivity (Wildman–Crippen MR) is 100.0 cm³/mol. The van der Waals surface area contributed by atoms with E-state index in [1.165, 1.54) is 0 Å². The number of para-hydroxylation sites is 1. The number of nitrogens with zero attached hydrogens (tertiary/aromatic N) is 1. The number of carbonyl (C=O) groups is 3. The molecule has 4 rings (SSSR count). The summed E-state index contributed by atoms with van der Waals surface area (Å²) in [4.78, 5) is 38.3. The Morgan fingerprint density at radius 2 is 1.75 bits per heavy atom. The van der Waals surface area contributed by atoms with Gasteiger partial charge in [0.1, 0.15) is 6.04 Å². The normalized spacial score (nSPS) is 18.7. The minimum Gasteiger partial charge on any atom is -0.490 e. The highest BCUT2D eigenvalue weighted by Gasteiger charge is 2.39. The molecule has 1 atom stereocenters. The van der Waals surface area contributed by atoms with Crippen molar-refractivity contribution < 1.29 is 23.9 Å². The first kappa shape index (κ1) is 18.0. The van der Waals surface area contributed by atoms with Crippen LogP contribution in [0.3, 0.4) is 0 Å². The number of anilines is 1. The fourth-order valence-electron chi connectivity index (χ4n) is 3.12. The fourth-order valence-corrected chi connectivity index (χ4v) is 3.12. The number of amides is 3. The molecule has 3 amide bonds. The highest BCUT2D eigenvalue weighted by Crippen LogP contribution is 2.30. The Morgan fingerprint density at radius 1 is 1.00 bits per heavy atom. The maximum Gasteiger partial charge on any atom is 0.265 e. The predicted octanol–water partition coefficient (Wildman–Crippen LogP) is 1.41. The lowest BCUT2D eigenvalue weighted by Crippen LogP contribution is -2.48. The van der Waals surface area contributed by atoms with Gasteiger partial charge in [-0.1, -0.05) is 18.2 Å². The molecule has 0 saturated carbocycles. The zero-order chi connectivity index (χ0) is 19.5. The number of hydrogen-bond donors (Lipinski definition) is 2. The van der Waals surface area contributed by atoms with E-state index in [4.69, 9.17) is 9.47 Å². The van der Waals surface area contributed by atoms with Crippen molar-refractivity contribution >= 4 is 23.4 Å². The second-order valence-electron chi connectivity index (χ2n) is 6.47. The van der Waals surface area contributed by atoms with E-state index in [2.05, 4.69) is 10.9 Å². The standard InChI is InChI=1S/C20H19N3O5/c24-18-12-15(20(26)23(18)14-5-2-1-3-6-14)21-22-19(25)13-7-8-16-17(11-13)28-10-4-9-27-16/h1-3,5-8,11,15,21H,4,9-10,12H2,(H,22,25). The molecule has 2 aromatic rings. The molecule has 0 aromatic heterocycles. The van der Waals surface area contributed by atoms with Crippen LogP contribution in [0.1, 0.15) is 23.2 Å². The molecule has 8 nitrogen and oxygen atoms in total. The number of benzene rings is 2. The molecule has 8 heteroatoms. The zero-order valence-corrected chi connectivity index (χ0v) is 15.0. The molecule has 2 aromatic carbocycles. The fraction of sp³-hybridized carbons (Fsp3) is 0.250. The van der Waals surface area contributed by atoms with E-state index in [0.29, 0.717) is 36.0 Å². The minimum atomic E-state index is -0.822. The van der Waals surface area contributed by atoms with Gasteiger partial charge < -0.3 is 9.47 Å². The molecular weight excluding hydrogens is 362 g/mol. The monoisotopic (exact) mass is 381 g/mol. The van der Waals surface area contributed by atoms with Crippen LogP contribution in [0.4, 0.5) is 5.69 Å². The molecule has 1 unspecified atom stereocenters. The van der Waals surface area contributed by atoms with Crippen LogP contribution >= 0.6 is 0 Å². The Bertz CT molecular complexity index is 915. The van der Waals surface area contributed by atoms with Crippen molar-refractivity contribution in [3.05, 3.63) is 54.1 Å². The first-order valence-electron chi connectivity index (χ1n) is 9.01. The molecule has 2 N–H and O–H groups in total. The molecule has 0 radical (unpaired) electrons. The van der Waals surface area contributed by atoms with Gasteiger partial charge in [-0.05, 0) is 30.3 Å². The van der Waals surface area contributed by atoms with Gasteiger partial charge in [-0.25, -0.2) is 10.3 Å². The molecule has 0 spiro atoms. The molecule has 1 saturated heterocycles. The summed E-state index contributed by atoms with van der Waals surface area (Å²) in [6, 6.07) is 12.8. The van der Waals surface area contributed by atoms with Gasteiger partial charge in [0, 0.05) is 12.0 Å². The first-order chi connectivity index (χ1) is 13.6. The molecule has 144 valence electrons. The van der Waals surface area contributed by atoms with Gasteiger partial charge in [-0.2, -0.15) is 0 Å². The Kier molecular flexibility index (Phi) is 4.94. The Labute approximate surface area is 161 Å². The van der Waals surface area contributed by atoms with Crippen LogP contribution in [-0.2, 0) is 9.59 Å². The molecular formula is C20H19N3O5. The summed E-state index contributed by atoms with van der Waals surface area (Å²) in [5.74, 6) is -0.0626. The second-order valence-corrected chi connectivity index (χ2v) is 6.47. The average molecular weight is 381 g/mol. The van der Waals surface area contributed by atoms with Gasteiger partial charge in [0.05, 0.1) is 25.3 Å². The van der Waals surface area contributed by atoms with Crippen molar-refractivity contribution in [2.75, 3.05) is 18.1 Å². The summed E-state index contributed by atoms with van der Waals surface area (Å²) in [6.07, 6.45) is 0.739. The molecule has 0 aliphatic carbocycles. The number of ether oxygens (including phenoxy) is 2. The maximum absolute atomic E-state index is 12.5. The summed E-state index contributed by atoms with van der Waals surface area (Å²) < 4.78 is 11.1. The SMILES string of the molecule is O=C(NNC1CC(=O)N(c2ccccc2)C1=O)c1ccc2c(c1)OCCCO2. The van der Waals surface area contributed by atoms with Gasteiger partial charge in [-0.3, -0.25) is 19.8 Å². The van der Waals surface area contributed by atoms with Crippen molar-refractivity contribution in [1.29, 1.82) is 0 Å². The Morgan fingerprint density at radius 3 is 2.54 bits per heavy atom. The summed E-state index contributed by atoms with van der Waals surface area (Å²) >= 11 is 0. The number of hydrogen-bond acceptors (Lipinski definition) is 6. The third kappa shape index (κ3) is 3.54. The van der Waals surface area contributed by atoms with E-state index in [1.807, 2.05) is 0 Å². The number of nitrogens with one attached hydrogen (secondary N) is 2. The highest BCUT2D eigenvalue weighted by atomic mass is 16.5. The van der Waals surface area contributed by atoms with E-state index < -0.39 is 17.9 Å². The summed E-state index contributed by atoms with van der Waals surface area (Å²) in [5.41, 5.74) is 6.04. The van der Waals surface area contributed by atoms with Crippen LogP contribution in [0.5, 0.6) is 11.5 Å². The van der Waals surface area contributed by atoms with Crippen molar-refractivity contribution in [1.82, 2.24) is 10.9 Å². The lowest BCUT2D eigenvalue weighted by Gasteiger charge is -2.16. The summed E-state index contributed by atoms with van der Waals surface area (Å²) in [7, 11) is 0. The van der Waals surface area contributed by atoms with Crippen LogP contribution in [0.25, 0.3) is 0 Å². The van der Waals surface area contributed by atoms with Crippen LogP contribution in [-0.4, -0.2) is 37.0 Å². The van der Waals surface area contributed by atoms with Crippen LogP contribution in [0, 0.1) is 0 Å². The second kappa shape index (κ2) is 7.69. The van der Waals surface area contributed by atoms with E-state index in [-0.39, 0.29) is 12.3 Å².